The summed E-state index contributed by atoms with van der Waals surface area (Å²) in [7, 11) is 0. The maximum Gasteiger partial charge on any atom is 0.255 e. The lowest BCUT2D eigenvalue weighted by atomic mass is 10.1. The molecule has 0 fully saturated rings. The van der Waals surface area contributed by atoms with Crippen molar-refractivity contribution in [1.82, 2.24) is 5.32 Å². The average Bonchev–Trinajstić information content (AvgIpc) is 2.47. The molecule has 0 aliphatic heterocycles. The molecule has 1 N–H and O–H groups in total. The predicted octanol–water partition coefficient (Wildman–Crippen LogP) is 3.32. The number of hydrogen-bond donors (Lipinski definition) is 1. The molecule has 104 valence electrons. The predicted molar refractivity (Wildman–Crippen MR) is 80.0 cm³/mol. The summed E-state index contributed by atoms with van der Waals surface area (Å²) in [5, 5.41) is 2.81. The van der Waals surface area contributed by atoms with Crippen molar-refractivity contribution < 1.29 is 9.53 Å². The molecular weight excluding hydrogens is 250 g/mol. The van der Waals surface area contributed by atoms with Crippen molar-refractivity contribution in [2.75, 3.05) is 6.54 Å². The third-order valence-corrected chi connectivity index (χ3v) is 3.02. The summed E-state index contributed by atoms with van der Waals surface area (Å²) in [6.07, 6.45) is 0. The molecule has 0 aliphatic carbocycles. The van der Waals surface area contributed by atoms with Crippen LogP contribution in [0.15, 0.2) is 48.5 Å². The molecule has 0 aliphatic rings. The van der Waals surface area contributed by atoms with Crippen molar-refractivity contribution >= 4 is 5.91 Å². The van der Waals surface area contributed by atoms with Gasteiger partial charge in [0, 0.05) is 6.54 Å². The number of benzene rings is 2. The quantitative estimate of drug-likeness (QED) is 0.904. The molecular formula is C17H19NO2. The van der Waals surface area contributed by atoms with Crippen LogP contribution in [0.1, 0.15) is 28.4 Å². The maximum atomic E-state index is 12.0. The monoisotopic (exact) mass is 269 g/mol. The van der Waals surface area contributed by atoms with Crippen molar-refractivity contribution in [3.8, 4) is 5.75 Å². The fraction of sp³-hybridized carbons (Fsp3) is 0.235. The minimum Gasteiger partial charge on any atom is -0.488 e. The van der Waals surface area contributed by atoms with Gasteiger partial charge in [-0.05, 0) is 31.0 Å². The fourth-order valence-corrected chi connectivity index (χ4v) is 2.01. The number of ether oxygens (including phenoxy) is 1. The normalized spacial score (nSPS) is 10.1. The van der Waals surface area contributed by atoms with Gasteiger partial charge in [-0.2, -0.15) is 0 Å². The van der Waals surface area contributed by atoms with Crippen LogP contribution in [0.25, 0.3) is 0 Å². The molecule has 0 unspecified atom stereocenters. The van der Waals surface area contributed by atoms with Gasteiger partial charge in [-0.25, -0.2) is 0 Å². The molecule has 0 spiro atoms. The third kappa shape index (κ3) is 3.38. The lowest BCUT2D eigenvalue weighted by molar-refractivity contribution is 0.0951. The second-order valence-corrected chi connectivity index (χ2v) is 4.59. The van der Waals surface area contributed by atoms with E-state index in [0.717, 1.165) is 11.1 Å². The smallest absolute Gasteiger partial charge is 0.255 e. The number of carbonyl (C=O) groups is 1. The summed E-state index contributed by atoms with van der Waals surface area (Å²) in [4.78, 5) is 12.0. The van der Waals surface area contributed by atoms with Gasteiger partial charge in [-0.3, -0.25) is 4.79 Å². The first-order chi connectivity index (χ1) is 9.72. The number of rotatable bonds is 5. The van der Waals surface area contributed by atoms with Crippen LogP contribution in [-0.4, -0.2) is 12.5 Å². The standard InChI is InChI=1S/C17H19NO2/c1-3-18-17(19)15-11-7-8-13(2)16(15)20-12-14-9-5-4-6-10-14/h4-11H,3,12H2,1-2H3,(H,18,19). The molecule has 2 aromatic rings. The lowest BCUT2D eigenvalue weighted by Crippen LogP contribution is -2.23. The minimum atomic E-state index is -0.0979. The second-order valence-electron chi connectivity index (χ2n) is 4.59. The van der Waals surface area contributed by atoms with Crippen LogP contribution in [0.5, 0.6) is 5.75 Å². The molecule has 2 aromatic carbocycles. The maximum absolute atomic E-state index is 12.0. The third-order valence-electron chi connectivity index (χ3n) is 3.02. The van der Waals surface area contributed by atoms with Crippen molar-refractivity contribution in [2.45, 2.75) is 20.5 Å². The Morgan fingerprint density at radius 2 is 1.85 bits per heavy atom. The molecule has 20 heavy (non-hydrogen) atoms. The fourth-order valence-electron chi connectivity index (χ4n) is 2.01. The first kappa shape index (κ1) is 14.1. The molecule has 0 saturated carbocycles. The molecule has 0 saturated heterocycles. The highest BCUT2D eigenvalue weighted by Gasteiger charge is 2.13. The van der Waals surface area contributed by atoms with E-state index in [1.165, 1.54) is 0 Å². The number of aryl methyl sites for hydroxylation is 1. The molecule has 0 heterocycles. The topological polar surface area (TPSA) is 38.3 Å². The van der Waals surface area contributed by atoms with Crippen LogP contribution in [-0.2, 0) is 6.61 Å². The van der Waals surface area contributed by atoms with Gasteiger partial charge < -0.3 is 10.1 Å². The highest BCUT2D eigenvalue weighted by molar-refractivity contribution is 5.97. The number of hydrogen-bond acceptors (Lipinski definition) is 2. The van der Waals surface area contributed by atoms with Gasteiger partial charge in [-0.15, -0.1) is 0 Å². The van der Waals surface area contributed by atoms with E-state index in [-0.39, 0.29) is 5.91 Å². The molecule has 0 atom stereocenters. The van der Waals surface area contributed by atoms with Crippen molar-refractivity contribution in [1.29, 1.82) is 0 Å². The number of nitrogens with one attached hydrogen (secondary N) is 1. The number of carbonyl (C=O) groups excluding carboxylic acids is 1. The average molecular weight is 269 g/mol. The van der Waals surface area contributed by atoms with Crippen molar-refractivity contribution in [3.05, 3.63) is 65.2 Å². The van der Waals surface area contributed by atoms with E-state index >= 15 is 0 Å². The summed E-state index contributed by atoms with van der Waals surface area (Å²) in [5.74, 6) is 0.557. The van der Waals surface area contributed by atoms with E-state index in [1.807, 2.05) is 56.3 Å². The number of amides is 1. The first-order valence-electron chi connectivity index (χ1n) is 6.77. The Labute approximate surface area is 119 Å². The van der Waals surface area contributed by atoms with Gasteiger partial charge >= 0.3 is 0 Å². The SMILES string of the molecule is CCNC(=O)c1cccc(C)c1OCc1ccccc1. The van der Waals surface area contributed by atoms with E-state index in [2.05, 4.69) is 5.32 Å². The Morgan fingerprint density at radius 3 is 2.55 bits per heavy atom. The Hall–Kier alpha value is -2.29. The highest BCUT2D eigenvalue weighted by Crippen LogP contribution is 2.24. The summed E-state index contributed by atoms with van der Waals surface area (Å²) in [5.41, 5.74) is 2.63. The van der Waals surface area contributed by atoms with Gasteiger partial charge in [0.1, 0.15) is 12.4 Å². The molecule has 0 bridgehead atoms. The zero-order valence-electron chi connectivity index (χ0n) is 11.8. The van der Waals surface area contributed by atoms with Gasteiger partial charge in [0.2, 0.25) is 0 Å². The Kier molecular flexibility index (Phi) is 4.77. The highest BCUT2D eigenvalue weighted by atomic mass is 16.5. The molecule has 3 heteroatoms. The van der Waals surface area contributed by atoms with Crippen molar-refractivity contribution in [3.63, 3.8) is 0 Å². The summed E-state index contributed by atoms with van der Waals surface area (Å²) >= 11 is 0. The molecule has 1 amide bonds. The molecule has 3 nitrogen and oxygen atoms in total. The van der Waals surface area contributed by atoms with Gasteiger partial charge in [0.15, 0.2) is 0 Å². The Bertz CT molecular complexity index is 579. The van der Waals surface area contributed by atoms with Crippen LogP contribution >= 0.6 is 0 Å². The van der Waals surface area contributed by atoms with E-state index < -0.39 is 0 Å². The van der Waals surface area contributed by atoms with Gasteiger partial charge in [0.05, 0.1) is 5.56 Å². The molecule has 0 radical (unpaired) electrons. The number of para-hydroxylation sites is 1. The first-order valence-corrected chi connectivity index (χ1v) is 6.77. The largest absolute Gasteiger partial charge is 0.488 e. The summed E-state index contributed by atoms with van der Waals surface area (Å²) in [6.45, 7) is 4.91. The van der Waals surface area contributed by atoms with Crippen LogP contribution in [0, 0.1) is 6.92 Å². The molecule has 2 rings (SSSR count). The van der Waals surface area contributed by atoms with E-state index in [4.69, 9.17) is 4.74 Å². The van der Waals surface area contributed by atoms with Gasteiger partial charge in [-0.1, -0.05) is 42.5 Å². The summed E-state index contributed by atoms with van der Waals surface area (Å²) in [6, 6.07) is 15.5. The van der Waals surface area contributed by atoms with Crippen LogP contribution in [0.3, 0.4) is 0 Å². The zero-order valence-corrected chi connectivity index (χ0v) is 11.8. The minimum absolute atomic E-state index is 0.0979. The van der Waals surface area contributed by atoms with E-state index in [0.29, 0.717) is 24.5 Å². The Balaban J connectivity index is 2.20. The van der Waals surface area contributed by atoms with Crippen molar-refractivity contribution in [2.24, 2.45) is 0 Å². The van der Waals surface area contributed by atoms with Crippen LogP contribution < -0.4 is 10.1 Å². The second kappa shape index (κ2) is 6.75. The van der Waals surface area contributed by atoms with Gasteiger partial charge in [0.25, 0.3) is 5.91 Å². The van der Waals surface area contributed by atoms with E-state index in [1.54, 1.807) is 6.07 Å². The Morgan fingerprint density at radius 1 is 1.10 bits per heavy atom. The van der Waals surface area contributed by atoms with Crippen LogP contribution in [0.4, 0.5) is 0 Å². The van der Waals surface area contributed by atoms with Crippen LogP contribution in [0.2, 0.25) is 0 Å². The lowest BCUT2D eigenvalue weighted by Gasteiger charge is -2.13. The summed E-state index contributed by atoms with van der Waals surface area (Å²) < 4.78 is 5.86. The zero-order chi connectivity index (χ0) is 14.4. The molecule has 0 aromatic heterocycles. The van der Waals surface area contributed by atoms with E-state index in [9.17, 15) is 4.79 Å².